The van der Waals surface area contributed by atoms with Crippen LogP contribution in [0.2, 0.25) is 0 Å². The van der Waals surface area contributed by atoms with Crippen LogP contribution in [0.1, 0.15) is 57.1 Å². The van der Waals surface area contributed by atoms with E-state index < -0.39 is 0 Å². The van der Waals surface area contributed by atoms with Gasteiger partial charge in [0.25, 0.3) is 0 Å². The Labute approximate surface area is 85.3 Å². The molecule has 14 heavy (non-hydrogen) atoms. The molecule has 3 heteroatoms. The Bertz CT molecular complexity index is 284. The Morgan fingerprint density at radius 1 is 1.29 bits per heavy atom. The van der Waals surface area contributed by atoms with Crippen LogP contribution in [0.25, 0.3) is 0 Å². The summed E-state index contributed by atoms with van der Waals surface area (Å²) in [6.07, 6.45) is 6.15. The van der Waals surface area contributed by atoms with E-state index >= 15 is 0 Å². The van der Waals surface area contributed by atoms with E-state index in [1.807, 2.05) is 0 Å². The molecule has 2 rings (SSSR count). The lowest BCUT2D eigenvalue weighted by atomic mass is 9.83. The van der Waals surface area contributed by atoms with E-state index in [9.17, 15) is 0 Å². The van der Waals surface area contributed by atoms with Crippen molar-refractivity contribution in [1.82, 2.24) is 15.2 Å². The molecule has 1 aromatic rings. The molecular weight excluding hydrogens is 174 g/mol. The number of aryl methyl sites for hydroxylation is 1. The Morgan fingerprint density at radius 3 is 2.57 bits per heavy atom. The number of hydrogen-bond donors (Lipinski definition) is 1. The molecule has 0 saturated heterocycles. The van der Waals surface area contributed by atoms with E-state index in [1.54, 1.807) is 0 Å². The zero-order valence-corrected chi connectivity index (χ0v) is 9.08. The summed E-state index contributed by atoms with van der Waals surface area (Å²) in [5, 5.41) is 7.30. The van der Waals surface area contributed by atoms with Crippen molar-refractivity contribution in [2.24, 2.45) is 5.92 Å². The summed E-state index contributed by atoms with van der Waals surface area (Å²) in [5.41, 5.74) is 0. The zero-order valence-electron chi connectivity index (χ0n) is 9.08. The lowest BCUT2D eigenvalue weighted by molar-refractivity contribution is 0.340. The maximum absolute atomic E-state index is 4.51. The molecule has 1 aliphatic carbocycles. The number of aromatic amines is 1. The lowest BCUT2D eigenvalue weighted by Gasteiger charge is -2.23. The second kappa shape index (κ2) is 4.11. The van der Waals surface area contributed by atoms with Crippen LogP contribution in [0, 0.1) is 5.92 Å². The molecule has 1 saturated carbocycles. The topological polar surface area (TPSA) is 41.6 Å². The van der Waals surface area contributed by atoms with E-state index in [4.69, 9.17) is 0 Å². The molecule has 78 valence electrons. The number of rotatable bonds is 2. The van der Waals surface area contributed by atoms with Crippen molar-refractivity contribution in [3.8, 4) is 0 Å². The van der Waals surface area contributed by atoms with Crippen molar-refractivity contribution < 1.29 is 0 Å². The first-order chi connectivity index (χ1) is 6.79. The summed E-state index contributed by atoms with van der Waals surface area (Å²) < 4.78 is 0. The van der Waals surface area contributed by atoms with Crippen molar-refractivity contribution in [2.75, 3.05) is 0 Å². The highest BCUT2D eigenvalue weighted by Gasteiger charge is 2.22. The highest BCUT2D eigenvalue weighted by atomic mass is 15.2. The molecule has 0 spiro atoms. The molecule has 1 fully saturated rings. The summed E-state index contributed by atoms with van der Waals surface area (Å²) >= 11 is 0. The summed E-state index contributed by atoms with van der Waals surface area (Å²) in [5.74, 6) is 3.59. The van der Waals surface area contributed by atoms with Crippen molar-refractivity contribution >= 4 is 0 Å². The molecule has 1 heterocycles. The first-order valence-corrected chi connectivity index (χ1v) is 5.70. The van der Waals surface area contributed by atoms with Gasteiger partial charge in [-0.05, 0) is 18.8 Å². The fourth-order valence-corrected chi connectivity index (χ4v) is 2.17. The Morgan fingerprint density at radius 2 is 2.00 bits per heavy atom. The first kappa shape index (κ1) is 9.69. The lowest BCUT2D eigenvalue weighted by Crippen LogP contribution is -2.12. The van der Waals surface area contributed by atoms with Gasteiger partial charge < -0.3 is 0 Å². The van der Waals surface area contributed by atoms with Crippen LogP contribution >= 0.6 is 0 Å². The highest BCUT2D eigenvalue weighted by Crippen LogP contribution is 2.33. The van der Waals surface area contributed by atoms with Crippen LogP contribution in [0.4, 0.5) is 0 Å². The number of H-pyrrole nitrogens is 1. The Hall–Kier alpha value is -0.860. The van der Waals surface area contributed by atoms with E-state index in [-0.39, 0.29) is 0 Å². The van der Waals surface area contributed by atoms with Gasteiger partial charge in [-0.3, -0.25) is 5.10 Å². The third-order valence-electron chi connectivity index (χ3n) is 3.26. The van der Waals surface area contributed by atoms with Gasteiger partial charge in [-0.2, -0.15) is 5.10 Å². The molecule has 1 aliphatic rings. The third-order valence-corrected chi connectivity index (χ3v) is 3.26. The molecule has 0 atom stereocenters. The van der Waals surface area contributed by atoms with Crippen molar-refractivity contribution in [3.05, 3.63) is 11.6 Å². The normalized spacial score (nSPS) is 27.9. The average Bonchev–Trinajstić information content (AvgIpc) is 2.67. The standard InChI is InChI=1S/C11H19N3/c1-3-10-12-11(14-13-10)9-6-4-8(2)5-7-9/h8-9H,3-7H2,1-2H3,(H,12,13,14). The van der Waals surface area contributed by atoms with Crippen molar-refractivity contribution in [2.45, 2.75) is 51.9 Å². The first-order valence-electron chi connectivity index (χ1n) is 5.70. The van der Waals surface area contributed by atoms with E-state index in [0.29, 0.717) is 5.92 Å². The van der Waals surface area contributed by atoms with E-state index in [1.165, 1.54) is 25.7 Å². The SMILES string of the molecule is CCc1nc(C2CCC(C)CC2)n[nH]1. The molecule has 1 aromatic heterocycles. The summed E-state index contributed by atoms with van der Waals surface area (Å²) in [7, 11) is 0. The van der Waals surface area contributed by atoms with Crippen LogP contribution < -0.4 is 0 Å². The van der Waals surface area contributed by atoms with Crippen molar-refractivity contribution in [3.63, 3.8) is 0 Å². The second-order valence-corrected chi connectivity index (χ2v) is 4.45. The Kier molecular flexibility index (Phi) is 2.85. The number of aromatic nitrogens is 3. The van der Waals surface area contributed by atoms with E-state index in [2.05, 4.69) is 29.0 Å². The van der Waals surface area contributed by atoms with Gasteiger partial charge in [-0.25, -0.2) is 4.98 Å². The molecule has 0 amide bonds. The second-order valence-electron chi connectivity index (χ2n) is 4.45. The molecule has 3 nitrogen and oxygen atoms in total. The molecule has 0 bridgehead atoms. The molecule has 1 N–H and O–H groups in total. The van der Waals surface area contributed by atoms with Gasteiger partial charge in [0, 0.05) is 12.3 Å². The molecule has 0 aromatic carbocycles. The summed E-state index contributed by atoms with van der Waals surface area (Å²) in [6, 6.07) is 0. The fraction of sp³-hybridized carbons (Fsp3) is 0.818. The van der Waals surface area contributed by atoms with Crippen molar-refractivity contribution in [1.29, 1.82) is 0 Å². The van der Waals surface area contributed by atoms with Gasteiger partial charge in [0.15, 0.2) is 5.82 Å². The van der Waals surface area contributed by atoms with Gasteiger partial charge in [-0.15, -0.1) is 0 Å². The minimum absolute atomic E-state index is 0.614. The van der Waals surface area contributed by atoms with Gasteiger partial charge >= 0.3 is 0 Å². The quantitative estimate of drug-likeness (QED) is 0.784. The summed E-state index contributed by atoms with van der Waals surface area (Å²) in [6.45, 7) is 4.44. The van der Waals surface area contributed by atoms with Gasteiger partial charge in [0.2, 0.25) is 0 Å². The maximum Gasteiger partial charge on any atom is 0.153 e. The molecular formula is C11H19N3. The zero-order chi connectivity index (χ0) is 9.97. The minimum atomic E-state index is 0.614. The van der Waals surface area contributed by atoms with E-state index in [0.717, 1.165) is 24.0 Å². The predicted octanol–water partition coefficient (Wildman–Crippen LogP) is 2.66. The minimum Gasteiger partial charge on any atom is -0.263 e. The number of nitrogens with one attached hydrogen (secondary N) is 1. The number of hydrogen-bond acceptors (Lipinski definition) is 2. The monoisotopic (exact) mass is 193 g/mol. The van der Waals surface area contributed by atoms with Crippen LogP contribution in [-0.2, 0) is 6.42 Å². The number of nitrogens with zero attached hydrogens (tertiary/aromatic N) is 2. The maximum atomic E-state index is 4.51. The highest BCUT2D eigenvalue weighted by molar-refractivity contribution is 4.99. The van der Waals surface area contributed by atoms with Gasteiger partial charge in [0.05, 0.1) is 0 Å². The van der Waals surface area contributed by atoms with Gasteiger partial charge in [-0.1, -0.05) is 26.7 Å². The largest absolute Gasteiger partial charge is 0.263 e. The molecule has 0 unspecified atom stereocenters. The Balaban J connectivity index is 2.01. The molecule has 0 aliphatic heterocycles. The smallest absolute Gasteiger partial charge is 0.153 e. The summed E-state index contributed by atoms with van der Waals surface area (Å²) in [4.78, 5) is 4.51. The van der Waals surface area contributed by atoms with Crippen LogP contribution in [-0.4, -0.2) is 15.2 Å². The van der Waals surface area contributed by atoms with Gasteiger partial charge in [0.1, 0.15) is 5.82 Å². The van der Waals surface area contributed by atoms with Crippen LogP contribution in [0.3, 0.4) is 0 Å². The van der Waals surface area contributed by atoms with Crippen LogP contribution in [0.15, 0.2) is 0 Å². The average molecular weight is 193 g/mol. The third kappa shape index (κ3) is 1.97. The predicted molar refractivity (Wildman–Crippen MR) is 56.1 cm³/mol. The van der Waals surface area contributed by atoms with Crippen LogP contribution in [0.5, 0.6) is 0 Å². The fourth-order valence-electron chi connectivity index (χ4n) is 2.17. The molecule has 0 radical (unpaired) electrons.